The Hall–Kier alpha value is -6.79. The summed E-state index contributed by atoms with van der Waals surface area (Å²) < 4.78 is 89.4. The van der Waals surface area contributed by atoms with E-state index in [4.69, 9.17) is 0 Å². The van der Waals surface area contributed by atoms with Crippen molar-refractivity contribution >= 4 is 43.6 Å². The molecule has 0 unspecified atom stereocenters. The molecule has 0 aliphatic rings. The maximum absolute atomic E-state index is 14.7. The van der Waals surface area contributed by atoms with E-state index in [1.807, 2.05) is 86.6 Å². The minimum absolute atomic E-state index is 0.0783. The molecule has 9 aromatic rings. The molecule has 0 N–H and O–H groups in total. The average molecular weight is 750 g/mol. The molecule has 0 atom stereocenters. The number of aryl methyl sites for hydroxylation is 2. The van der Waals surface area contributed by atoms with Crippen LogP contribution in [0, 0.1) is 25.2 Å². The number of hydrogen-bond donors (Lipinski definition) is 0. The molecule has 0 fully saturated rings. The highest BCUT2D eigenvalue weighted by Gasteiger charge is 2.38. The zero-order valence-corrected chi connectivity index (χ0v) is 29.9. The van der Waals surface area contributed by atoms with Crippen molar-refractivity contribution in [1.82, 2.24) is 9.13 Å². The van der Waals surface area contributed by atoms with Gasteiger partial charge in [0.15, 0.2) is 0 Å². The summed E-state index contributed by atoms with van der Waals surface area (Å²) in [6, 6.07) is 42.1. The molecule has 0 amide bonds. The van der Waals surface area contributed by atoms with E-state index in [0.717, 1.165) is 60.8 Å². The minimum Gasteiger partial charge on any atom is -0.309 e. The van der Waals surface area contributed by atoms with Gasteiger partial charge in [-0.15, -0.1) is 0 Å². The van der Waals surface area contributed by atoms with Gasteiger partial charge in [-0.2, -0.15) is 31.6 Å². The van der Waals surface area contributed by atoms with Crippen LogP contribution >= 0.6 is 0 Å². The Labute approximate surface area is 316 Å². The van der Waals surface area contributed by atoms with E-state index in [1.54, 1.807) is 30.3 Å². The van der Waals surface area contributed by atoms with Crippen molar-refractivity contribution in [2.75, 3.05) is 0 Å². The summed E-state index contributed by atoms with van der Waals surface area (Å²) in [5.74, 6) is 0. The first-order chi connectivity index (χ1) is 26.8. The molecule has 0 aliphatic carbocycles. The smallest absolute Gasteiger partial charge is 0.309 e. The fourth-order valence-corrected chi connectivity index (χ4v) is 8.03. The lowest BCUT2D eigenvalue weighted by Crippen LogP contribution is -2.12. The van der Waals surface area contributed by atoms with Crippen molar-refractivity contribution in [1.29, 1.82) is 5.26 Å². The van der Waals surface area contributed by atoms with Crippen molar-refractivity contribution in [3.63, 3.8) is 0 Å². The van der Waals surface area contributed by atoms with E-state index >= 15 is 0 Å². The van der Waals surface area contributed by atoms with Gasteiger partial charge in [-0.3, -0.25) is 0 Å². The van der Waals surface area contributed by atoms with Crippen LogP contribution in [0.2, 0.25) is 0 Å². The summed E-state index contributed by atoms with van der Waals surface area (Å²) in [7, 11) is 0. The van der Waals surface area contributed by atoms with Crippen molar-refractivity contribution in [2.24, 2.45) is 0 Å². The number of nitriles is 1. The molecule has 2 heterocycles. The quantitative estimate of drug-likeness (QED) is 0.165. The minimum atomic E-state index is -5.08. The second-order valence-electron chi connectivity index (χ2n) is 14.1. The van der Waals surface area contributed by atoms with Crippen LogP contribution in [0.15, 0.2) is 140 Å². The van der Waals surface area contributed by atoms with Crippen LogP contribution in [0.4, 0.5) is 26.3 Å². The predicted octanol–water partition coefficient (Wildman–Crippen LogP) is 13.7. The number of aromatic nitrogens is 2. The van der Waals surface area contributed by atoms with Gasteiger partial charge in [-0.1, -0.05) is 77.9 Å². The zero-order chi connectivity index (χ0) is 39.1. The highest BCUT2D eigenvalue weighted by atomic mass is 19.4. The first-order valence-corrected chi connectivity index (χ1v) is 17.8. The van der Waals surface area contributed by atoms with Gasteiger partial charge in [0.2, 0.25) is 0 Å². The molecule has 0 saturated heterocycles. The van der Waals surface area contributed by atoms with Gasteiger partial charge < -0.3 is 9.13 Å². The van der Waals surface area contributed by atoms with Crippen LogP contribution in [-0.4, -0.2) is 9.13 Å². The lowest BCUT2D eigenvalue weighted by molar-refractivity contribution is -0.142. The average Bonchev–Trinajstić information content (AvgIpc) is 3.68. The fourth-order valence-electron chi connectivity index (χ4n) is 8.03. The van der Waals surface area contributed by atoms with E-state index in [2.05, 4.69) is 27.3 Å². The van der Waals surface area contributed by atoms with Gasteiger partial charge >= 0.3 is 12.4 Å². The summed E-state index contributed by atoms with van der Waals surface area (Å²) in [6.07, 6.45) is -10.1. The Morgan fingerprint density at radius 1 is 0.464 bits per heavy atom. The van der Waals surface area contributed by atoms with E-state index in [-0.39, 0.29) is 11.6 Å². The molecular weight excluding hydrogens is 721 g/mol. The molecule has 9 rings (SSSR count). The molecule has 0 radical (unpaired) electrons. The topological polar surface area (TPSA) is 33.6 Å². The lowest BCUT2D eigenvalue weighted by Gasteiger charge is -2.21. The molecule has 2 aromatic heterocycles. The van der Waals surface area contributed by atoms with E-state index in [0.29, 0.717) is 34.1 Å². The Morgan fingerprint density at radius 2 is 1.02 bits per heavy atom. The van der Waals surface area contributed by atoms with Crippen LogP contribution in [-0.2, 0) is 12.4 Å². The number of fused-ring (bicyclic) bond motifs is 6. The standard InChI is InChI=1S/C47H29F6N3/c1-27-11-18-42-36(21-27)33-7-3-5-9-40(33)55(42)44-20-14-30(32-17-15-31(46(48,49)50)25-39(32)47(51,52)53)24-38(44)35-16-13-29(26-54)23-45(35)56-41-10-6-4-8-34(41)37-22-28(2)12-19-43(37)56/h3-25H,1-2H3. The van der Waals surface area contributed by atoms with Gasteiger partial charge in [0, 0.05) is 32.7 Å². The molecule has 0 bridgehead atoms. The van der Waals surface area contributed by atoms with Crippen molar-refractivity contribution < 1.29 is 26.3 Å². The van der Waals surface area contributed by atoms with Gasteiger partial charge in [0.1, 0.15) is 0 Å². The first-order valence-electron chi connectivity index (χ1n) is 17.8. The van der Waals surface area contributed by atoms with Gasteiger partial charge in [0.25, 0.3) is 0 Å². The SMILES string of the molecule is Cc1ccc2c(c1)c1ccccc1n2-c1ccc(-c2ccc(C(F)(F)F)cc2C(F)(F)F)cc1-c1ccc(C#N)cc1-n1c2ccccc2c2cc(C)ccc21. The summed E-state index contributed by atoms with van der Waals surface area (Å²) in [5.41, 5.74) is 5.17. The van der Waals surface area contributed by atoms with Gasteiger partial charge in [-0.25, -0.2) is 0 Å². The molecule has 7 aromatic carbocycles. The Bertz CT molecular complexity index is 3100. The van der Waals surface area contributed by atoms with E-state index in [1.165, 1.54) is 6.07 Å². The van der Waals surface area contributed by atoms with Crippen LogP contribution in [0.3, 0.4) is 0 Å². The number of hydrogen-bond acceptors (Lipinski definition) is 1. The van der Waals surface area contributed by atoms with Crippen molar-refractivity contribution in [2.45, 2.75) is 26.2 Å². The third kappa shape index (κ3) is 5.60. The normalized spacial score (nSPS) is 12.3. The molecule has 56 heavy (non-hydrogen) atoms. The number of rotatable bonds is 4. The van der Waals surface area contributed by atoms with E-state index < -0.39 is 29.0 Å². The maximum atomic E-state index is 14.7. The summed E-state index contributed by atoms with van der Waals surface area (Å²) in [6.45, 7) is 4.01. The molecular formula is C47H29F6N3. The maximum Gasteiger partial charge on any atom is 0.417 e. The van der Waals surface area contributed by atoms with Crippen LogP contribution in [0.1, 0.15) is 27.8 Å². The third-order valence-corrected chi connectivity index (χ3v) is 10.5. The molecule has 3 nitrogen and oxygen atoms in total. The number of alkyl halides is 6. The molecule has 274 valence electrons. The van der Waals surface area contributed by atoms with Crippen LogP contribution in [0.5, 0.6) is 0 Å². The Kier molecular flexibility index (Phi) is 7.89. The van der Waals surface area contributed by atoms with Gasteiger partial charge in [-0.05, 0) is 97.8 Å². The molecule has 0 saturated carbocycles. The highest BCUT2D eigenvalue weighted by Crippen LogP contribution is 2.45. The highest BCUT2D eigenvalue weighted by molar-refractivity contribution is 6.12. The summed E-state index contributed by atoms with van der Waals surface area (Å²) in [4.78, 5) is 0. The number of nitrogens with zero attached hydrogens (tertiary/aromatic N) is 3. The number of para-hydroxylation sites is 2. The summed E-state index contributed by atoms with van der Waals surface area (Å²) >= 11 is 0. The molecule has 9 heteroatoms. The second kappa shape index (κ2) is 12.6. The fraction of sp³-hybridized carbons (Fsp3) is 0.0851. The Balaban J connectivity index is 1.42. The van der Waals surface area contributed by atoms with Crippen molar-refractivity contribution in [3.8, 4) is 39.7 Å². The first kappa shape index (κ1) is 34.9. The van der Waals surface area contributed by atoms with Crippen LogP contribution in [0.25, 0.3) is 77.2 Å². The zero-order valence-electron chi connectivity index (χ0n) is 29.9. The monoisotopic (exact) mass is 749 g/mol. The lowest BCUT2D eigenvalue weighted by atomic mass is 9.92. The Morgan fingerprint density at radius 3 is 1.59 bits per heavy atom. The summed E-state index contributed by atoms with van der Waals surface area (Å²) in [5, 5.41) is 14.1. The molecule has 0 aliphatic heterocycles. The van der Waals surface area contributed by atoms with Gasteiger partial charge in [0.05, 0.1) is 56.2 Å². The number of benzene rings is 7. The number of halogens is 6. The molecule has 0 spiro atoms. The predicted molar refractivity (Wildman–Crippen MR) is 210 cm³/mol. The van der Waals surface area contributed by atoms with Crippen molar-refractivity contribution in [3.05, 3.63) is 167 Å². The second-order valence-corrected chi connectivity index (χ2v) is 14.1. The largest absolute Gasteiger partial charge is 0.417 e. The third-order valence-electron chi connectivity index (χ3n) is 10.5. The van der Waals surface area contributed by atoms with E-state index in [9.17, 15) is 31.6 Å². The van der Waals surface area contributed by atoms with Crippen LogP contribution < -0.4 is 0 Å².